The number of hydrogen-bond acceptors (Lipinski definition) is 3. The molecule has 1 aliphatic heterocycles. The van der Waals surface area contributed by atoms with Gasteiger partial charge in [0.15, 0.2) is 11.5 Å². The lowest BCUT2D eigenvalue weighted by molar-refractivity contribution is -0.120. The highest BCUT2D eigenvalue weighted by molar-refractivity contribution is 14.1. The molecule has 0 aromatic heterocycles. The first-order valence-electron chi connectivity index (χ1n) is 7.85. The first-order chi connectivity index (χ1) is 11.4. The van der Waals surface area contributed by atoms with Crippen molar-refractivity contribution in [2.45, 2.75) is 26.2 Å². The molecular weight excluding hydrogens is 417 g/mol. The molecule has 0 saturated carbocycles. The van der Waals surface area contributed by atoms with Crippen LogP contribution < -0.4 is 14.8 Å². The fourth-order valence-corrected chi connectivity index (χ4v) is 3.26. The zero-order valence-corrected chi connectivity index (χ0v) is 16.1. The van der Waals surface area contributed by atoms with E-state index in [2.05, 4.69) is 27.9 Å². The SMILES string of the molecule is Cc1cc(I)ccc1NC(=O)C(C)(C)c1ccc2c(c1)OCCO2. The van der Waals surface area contributed by atoms with Crippen LogP contribution in [0.1, 0.15) is 25.0 Å². The summed E-state index contributed by atoms with van der Waals surface area (Å²) >= 11 is 2.26. The average molecular weight is 437 g/mol. The fourth-order valence-electron chi connectivity index (χ4n) is 2.61. The van der Waals surface area contributed by atoms with E-state index in [4.69, 9.17) is 9.47 Å². The van der Waals surface area contributed by atoms with Gasteiger partial charge in [0.25, 0.3) is 0 Å². The third-order valence-corrected chi connectivity index (χ3v) is 4.94. The molecule has 24 heavy (non-hydrogen) atoms. The fraction of sp³-hybridized carbons (Fsp3) is 0.316. The van der Waals surface area contributed by atoms with Gasteiger partial charge in [0.05, 0.1) is 5.41 Å². The van der Waals surface area contributed by atoms with Crippen LogP contribution in [0.25, 0.3) is 0 Å². The lowest BCUT2D eigenvalue weighted by Gasteiger charge is -2.27. The van der Waals surface area contributed by atoms with Crippen LogP contribution in [0.3, 0.4) is 0 Å². The van der Waals surface area contributed by atoms with Crippen molar-refractivity contribution in [3.8, 4) is 11.5 Å². The van der Waals surface area contributed by atoms with Crippen LogP contribution in [0.2, 0.25) is 0 Å². The van der Waals surface area contributed by atoms with E-state index < -0.39 is 5.41 Å². The van der Waals surface area contributed by atoms with Crippen LogP contribution in [0.5, 0.6) is 11.5 Å². The summed E-state index contributed by atoms with van der Waals surface area (Å²) in [4.78, 5) is 12.9. The quantitative estimate of drug-likeness (QED) is 0.730. The zero-order chi connectivity index (χ0) is 17.3. The number of aryl methyl sites for hydroxylation is 1. The van der Waals surface area contributed by atoms with Crippen molar-refractivity contribution in [3.63, 3.8) is 0 Å². The van der Waals surface area contributed by atoms with Crippen LogP contribution >= 0.6 is 22.6 Å². The van der Waals surface area contributed by atoms with E-state index in [-0.39, 0.29) is 5.91 Å². The van der Waals surface area contributed by atoms with Crippen molar-refractivity contribution < 1.29 is 14.3 Å². The van der Waals surface area contributed by atoms with E-state index in [1.807, 2.05) is 57.2 Å². The molecule has 0 fully saturated rings. The average Bonchev–Trinajstić information content (AvgIpc) is 2.56. The summed E-state index contributed by atoms with van der Waals surface area (Å²) < 4.78 is 12.3. The number of carbonyl (C=O) groups excluding carboxylic acids is 1. The van der Waals surface area contributed by atoms with E-state index in [0.29, 0.717) is 19.0 Å². The molecule has 0 radical (unpaired) electrons. The van der Waals surface area contributed by atoms with Crippen molar-refractivity contribution in [3.05, 3.63) is 51.1 Å². The molecule has 0 atom stereocenters. The Balaban J connectivity index is 1.85. The molecule has 2 aromatic carbocycles. The highest BCUT2D eigenvalue weighted by atomic mass is 127. The molecule has 0 bridgehead atoms. The third kappa shape index (κ3) is 3.36. The highest BCUT2D eigenvalue weighted by Gasteiger charge is 2.31. The lowest BCUT2D eigenvalue weighted by Crippen LogP contribution is -2.35. The second-order valence-corrected chi connectivity index (χ2v) is 7.64. The normalized spacial score (nSPS) is 13.5. The number of ether oxygens (including phenoxy) is 2. The van der Waals surface area contributed by atoms with E-state index >= 15 is 0 Å². The van der Waals surface area contributed by atoms with E-state index in [1.165, 1.54) is 0 Å². The smallest absolute Gasteiger partial charge is 0.234 e. The molecule has 126 valence electrons. The number of halogens is 1. The Morgan fingerprint density at radius 2 is 1.79 bits per heavy atom. The van der Waals surface area contributed by atoms with Crippen LogP contribution in [-0.4, -0.2) is 19.1 Å². The number of benzene rings is 2. The van der Waals surface area contributed by atoms with Crippen molar-refractivity contribution in [2.75, 3.05) is 18.5 Å². The maximum absolute atomic E-state index is 12.9. The van der Waals surface area contributed by atoms with Gasteiger partial charge in [-0.25, -0.2) is 0 Å². The number of amides is 1. The monoisotopic (exact) mass is 437 g/mol. The summed E-state index contributed by atoms with van der Waals surface area (Å²) in [5.41, 5.74) is 2.09. The molecule has 0 aliphatic carbocycles. The van der Waals surface area contributed by atoms with Crippen LogP contribution in [0.15, 0.2) is 36.4 Å². The van der Waals surface area contributed by atoms with Gasteiger partial charge in [0.1, 0.15) is 13.2 Å². The Kier molecular flexibility index (Phi) is 4.71. The molecule has 0 spiro atoms. The van der Waals surface area contributed by atoms with Gasteiger partial charge in [0, 0.05) is 9.26 Å². The summed E-state index contributed by atoms with van der Waals surface area (Å²) in [6, 6.07) is 11.7. The molecule has 0 saturated heterocycles. The van der Waals surface area contributed by atoms with Crippen molar-refractivity contribution in [2.24, 2.45) is 0 Å². The van der Waals surface area contributed by atoms with E-state index in [9.17, 15) is 4.79 Å². The van der Waals surface area contributed by atoms with E-state index in [1.54, 1.807) is 0 Å². The molecule has 1 aliphatic rings. The minimum absolute atomic E-state index is 0.0523. The van der Waals surface area contributed by atoms with Crippen molar-refractivity contribution >= 4 is 34.2 Å². The molecule has 4 nitrogen and oxygen atoms in total. The lowest BCUT2D eigenvalue weighted by atomic mass is 9.83. The van der Waals surface area contributed by atoms with Crippen LogP contribution in [0, 0.1) is 10.5 Å². The number of rotatable bonds is 3. The summed E-state index contributed by atoms with van der Waals surface area (Å²) in [5, 5.41) is 3.04. The molecule has 2 aromatic rings. The summed E-state index contributed by atoms with van der Waals surface area (Å²) in [5.74, 6) is 1.38. The first-order valence-corrected chi connectivity index (χ1v) is 8.93. The van der Waals surface area contributed by atoms with Gasteiger partial charge in [-0.3, -0.25) is 4.79 Å². The Hall–Kier alpha value is -1.76. The topological polar surface area (TPSA) is 47.6 Å². The second kappa shape index (κ2) is 6.63. The van der Waals surface area contributed by atoms with Crippen LogP contribution in [0.4, 0.5) is 5.69 Å². The maximum atomic E-state index is 12.9. The van der Waals surface area contributed by atoms with Crippen molar-refractivity contribution in [1.29, 1.82) is 0 Å². The number of nitrogens with one attached hydrogen (secondary N) is 1. The molecule has 1 heterocycles. The van der Waals surface area contributed by atoms with Gasteiger partial charge in [-0.1, -0.05) is 6.07 Å². The van der Waals surface area contributed by atoms with Crippen LogP contribution in [-0.2, 0) is 10.2 Å². The molecule has 5 heteroatoms. The van der Waals surface area contributed by atoms with Gasteiger partial charge >= 0.3 is 0 Å². The standard InChI is InChI=1S/C19H20INO3/c1-12-10-14(20)5-6-15(12)21-18(22)19(2,3)13-4-7-16-17(11-13)24-9-8-23-16/h4-7,10-11H,8-9H2,1-3H3,(H,21,22). The molecule has 1 amide bonds. The predicted octanol–water partition coefficient (Wildman–Crippen LogP) is 4.29. The zero-order valence-electron chi connectivity index (χ0n) is 14.0. The minimum Gasteiger partial charge on any atom is -0.486 e. The Morgan fingerprint density at radius 1 is 1.08 bits per heavy atom. The molecule has 3 rings (SSSR count). The predicted molar refractivity (Wildman–Crippen MR) is 103 cm³/mol. The van der Waals surface area contributed by atoms with Gasteiger partial charge in [-0.15, -0.1) is 0 Å². The van der Waals surface area contributed by atoms with Crippen molar-refractivity contribution in [1.82, 2.24) is 0 Å². The summed E-state index contributed by atoms with van der Waals surface area (Å²) in [7, 11) is 0. The third-order valence-electron chi connectivity index (χ3n) is 4.27. The largest absolute Gasteiger partial charge is 0.486 e. The molecule has 0 unspecified atom stereocenters. The Labute approximate surface area is 155 Å². The number of anilines is 1. The Bertz CT molecular complexity index is 786. The summed E-state index contributed by atoms with van der Waals surface area (Å²) in [6.07, 6.45) is 0. The molecular formula is C19H20INO3. The summed E-state index contributed by atoms with van der Waals surface area (Å²) in [6.45, 7) is 6.91. The van der Waals surface area contributed by atoms with Gasteiger partial charge < -0.3 is 14.8 Å². The number of carbonyl (C=O) groups is 1. The van der Waals surface area contributed by atoms with Gasteiger partial charge in [-0.2, -0.15) is 0 Å². The Morgan fingerprint density at radius 3 is 2.50 bits per heavy atom. The number of fused-ring (bicyclic) bond motifs is 1. The highest BCUT2D eigenvalue weighted by Crippen LogP contribution is 2.35. The number of hydrogen-bond donors (Lipinski definition) is 1. The van der Waals surface area contributed by atoms with Gasteiger partial charge in [-0.05, 0) is 84.8 Å². The minimum atomic E-state index is -0.689. The van der Waals surface area contributed by atoms with Gasteiger partial charge in [0.2, 0.25) is 5.91 Å². The second-order valence-electron chi connectivity index (χ2n) is 6.40. The first kappa shape index (κ1) is 17.1. The van der Waals surface area contributed by atoms with E-state index in [0.717, 1.165) is 26.1 Å². The maximum Gasteiger partial charge on any atom is 0.234 e. The molecule has 1 N–H and O–H groups in total.